The lowest BCUT2D eigenvalue weighted by atomic mass is 9.75. The van der Waals surface area contributed by atoms with Gasteiger partial charge in [-0.05, 0) is 42.7 Å². The molecule has 0 aromatic heterocycles. The average molecular weight is 500 g/mol. The molecule has 1 N–H and O–H groups in total. The van der Waals surface area contributed by atoms with Crippen molar-refractivity contribution in [2.45, 2.75) is 24.3 Å². The van der Waals surface area contributed by atoms with Gasteiger partial charge in [-0.25, -0.2) is 8.78 Å². The lowest BCUT2D eigenvalue weighted by Crippen LogP contribution is -2.31. The lowest BCUT2D eigenvalue weighted by molar-refractivity contribution is 0.0944. The van der Waals surface area contributed by atoms with E-state index in [2.05, 4.69) is 5.32 Å². The van der Waals surface area contributed by atoms with Gasteiger partial charge in [0.25, 0.3) is 10.1 Å². The highest BCUT2D eigenvalue weighted by Crippen LogP contribution is 2.43. The zero-order chi connectivity index (χ0) is 25.1. The molecule has 0 spiro atoms. The maximum Gasteiger partial charge on any atom is 0.264 e. The van der Waals surface area contributed by atoms with E-state index < -0.39 is 33.2 Å². The molecule has 34 heavy (non-hydrogen) atoms. The van der Waals surface area contributed by atoms with Crippen molar-refractivity contribution < 1.29 is 40.4 Å². The number of hydrogen-bond acceptors (Lipinski definition) is 8. The quantitative estimate of drug-likeness (QED) is 0.394. The molecule has 3 rings (SSSR count). The summed E-state index contributed by atoms with van der Waals surface area (Å²) in [5.74, 6) is -1.46. The van der Waals surface area contributed by atoms with Crippen LogP contribution in [0.3, 0.4) is 0 Å². The first-order chi connectivity index (χ1) is 16.0. The van der Waals surface area contributed by atoms with Crippen molar-refractivity contribution >= 4 is 15.9 Å². The van der Waals surface area contributed by atoms with E-state index in [0.717, 1.165) is 18.4 Å². The predicted molar refractivity (Wildman–Crippen MR) is 120 cm³/mol. The summed E-state index contributed by atoms with van der Waals surface area (Å²) in [6, 6.07) is 5.96. The van der Waals surface area contributed by atoms with Crippen LogP contribution in [0.15, 0.2) is 30.3 Å². The third kappa shape index (κ3) is 5.31. The van der Waals surface area contributed by atoms with Crippen LogP contribution in [0.25, 0.3) is 0 Å². The number of nitrogens with one attached hydrogen (secondary N) is 1. The molecule has 2 unspecified atom stereocenters. The van der Waals surface area contributed by atoms with Gasteiger partial charge in [0.15, 0.2) is 28.9 Å². The van der Waals surface area contributed by atoms with Crippen molar-refractivity contribution in [1.82, 2.24) is 5.32 Å². The van der Waals surface area contributed by atoms with E-state index in [4.69, 9.17) is 18.4 Å². The minimum absolute atomic E-state index is 0.158. The molecule has 186 valence electrons. The Labute approximate surface area is 197 Å². The molecule has 0 aliphatic carbocycles. The SMILES string of the molecule is COc1ccc(C(=O)C2CC(CCOS(C)(=O)=O)(c3ccc(F)c(F)c3)CN2)c(OC)c1OC. The fourth-order valence-electron chi connectivity index (χ4n) is 4.29. The lowest BCUT2D eigenvalue weighted by Gasteiger charge is -2.29. The summed E-state index contributed by atoms with van der Waals surface area (Å²) in [6.07, 6.45) is 1.28. The van der Waals surface area contributed by atoms with E-state index >= 15 is 0 Å². The molecule has 0 amide bonds. The van der Waals surface area contributed by atoms with Crippen molar-refractivity contribution in [3.05, 3.63) is 53.1 Å². The molecule has 11 heteroatoms. The first-order valence-corrected chi connectivity index (χ1v) is 12.2. The number of carbonyl (C=O) groups excluding carboxylic acids is 1. The molecule has 1 fully saturated rings. The second-order valence-electron chi connectivity index (χ2n) is 8.07. The van der Waals surface area contributed by atoms with Gasteiger partial charge in [-0.2, -0.15) is 8.42 Å². The van der Waals surface area contributed by atoms with Crippen molar-refractivity contribution in [1.29, 1.82) is 0 Å². The first kappa shape index (κ1) is 25.9. The number of Topliss-reactive ketones (excluding diaryl/α,β-unsaturated/α-hetero) is 1. The van der Waals surface area contributed by atoms with Gasteiger partial charge in [0.05, 0.1) is 45.8 Å². The Kier molecular flexibility index (Phi) is 7.79. The highest BCUT2D eigenvalue weighted by molar-refractivity contribution is 7.85. The Morgan fingerprint density at radius 3 is 2.35 bits per heavy atom. The van der Waals surface area contributed by atoms with E-state index in [0.29, 0.717) is 11.3 Å². The molecular weight excluding hydrogens is 472 g/mol. The van der Waals surface area contributed by atoms with Gasteiger partial charge in [-0.15, -0.1) is 0 Å². The number of rotatable bonds is 10. The Hall–Kier alpha value is -2.76. The Balaban J connectivity index is 1.95. The second-order valence-corrected chi connectivity index (χ2v) is 9.71. The van der Waals surface area contributed by atoms with Gasteiger partial charge in [0.2, 0.25) is 5.75 Å². The molecule has 0 saturated carbocycles. The number of carbonyl (C=O) groups is 1. The van der Waals surface area contributed by atoms with Crippen molar-refractivity contribution in [2.24, 2.45) is 0 Å². The van der Waals surface area contributed by atoms with Crippen LogP contribution in [0, 0.1) is 11.6 Å². The van der Waals surface area contributed by atoms with Crippen molar-refractivity contribution in [3.63, 3.8) is 0 Å². The number of halogens is 2. The van der Waals surface area contributed by atoms with Crippen LogP contribution in [-0.2, 0) is 19.7 Å². The van der Waals surface area contributed by atoms with Gasteiger partial charge in [0, 0.05) is 12.0 Å². The summed E-state index contributed by atoms with van der Waals surface area (Å²) >= 11 is 0. The van der Waals surface area contributed by atoms with Gasteiger partial charge < -0.3 is 19.5 Å². The number of ketones is 1. The highest BCUT2D eigenvalue weighted by Gasteiger charge is 2.44. The largest absolute Gasteiger partial charge is 0.493 e. The molecular formula is C23H27F2NO7S. The molecule has 1 heterocycles. The van der Waals surface area contributed by atoms with Crippen molar-refractivity contribution in [3.8, 4) is 17.2 Å². The maximum absolute atomic E-state index is 14.1. The maximum atomic E-state index is 14.1. The van der Waals surface area contributed by atoms with Crippen LogP contribution in [-0.4, -0.2) is 61.0 Å². The second kappa shape index (κ2) is 10.2. The van der Waals surface area contributed by atoms with E-state index in [1.807, 2.05) is 0 Å². The van der Waals surface area contributed by atoms with Gasteiger partial charge in [-0.3, -0.25) is 8.98 Å². The minimum Gasteiger partial charge on any atom is -0.493 e. The van der Waals surface area contributed by atoms with Gasteiger partial charge >= 0.3 is 0 Å². The number of ether oxygens (including phenoxy) is 3. The zero-order valence-corrected chi connectivity index (χ0v) is 20.1. The molecule has 2 aromatic carbocycles. The zero-order valence-electron chi connectivity index (χ0n) is 19.3. The Bertz CT molecular complexity index is 1170. The van der Waals surface area contributed by atoms with Crippen LogP contribution in [0.4, 0.5) is 8.78 Å². The van der Waals surface area contributed by atoms with E-state index in [1.54, 1.807) is 12.1 Å². The van der Waals surface area contributed by atoms with Crippen LogP contribution in [0.1, 0.15) is 28.8 Å². The number of benzene rings is 2. The van der Waals surface area contributed by atoms with Crippen LogP contribution in [0.5, 0.6) is 17.2 Å². The number of methoxy groups -OCH3 is 3. The normalized spacial score (nSPS) is 20.2. The molecule has 0 bridgehead atoms. The molecule has 2 aromatic rings. The van der Waals surface area contributed by atoms with Gasteiger partial charge in [-0.1, -0.05) is 6.07 Å². The molecule has 1 aliphatic heterocycles. The predicted octanol–water partition coefficient (Wildman–Crippen LogP) is 2.84. The standard InChI is InChI=1S/C23H27F2NO7S/c1-30-19-8-6-15(21(31-2)22(19)32-3)20(27)18-12-23(13-26-18,9-10-33-34(4,28)29)14-5-7-16(24)17(25)11-14/h5-8,11,18,26H,9-10,12-13H2,1-4H3. The van der Waals surface area contributed by atoms with Crippen molar-refractivity contribution in [2.75, 3.05) is 40.7 Å². The fraction of sp³-hybridized carbons (Fsp3) is 0.435. The highest BCUT2D eigenvalue weighted by atomic mass is 32.2. The van der Waals surface area contributed by atoms with Gasteiger partial charge in [0.1, 0.15) is 0 Å². The van der Waals surface area contributed by atoms with Crippen LogP contribution in [0.2, 0.25) is 0 Å². The molecule has 2 atom stereocenters. The van der Waals surface area contributed by atoms with Crippen LogP contribution < -0.4 is 19.5 Å². The number of hydrogen-bond donors (Lipinski definition) is 1. The third-order valence-electron chi connectivity index (χ3n) is 5.98. The summed E-state index contributed by atoms with van der Waals surface area (Å²) in [5.41, 5.74) is -0.180. The molecule has 0 radical (unpaired) electrons. The molecule has 8 nitrogen and oxygen atoms in total. The Morgan fingerprint density at radius 2 is 1.76 bits per heavy atom. The van der Waals surface area contributed by atoms with Crippen LogP contribution >= 0.6 is 0 Å². The minimum atomic E-state index is -3.70. The summed E-state index contributed by atoms with van der Waals surface area (Å²) in [4.78, 5) is 13.5. The average Bonchev–Trinajstić information content (AvgIpc) is 3.23. The fourth-order valence-corrected chi connectivity index (χ4v) is 4.68. The Morgan fingerprint density at radius 1 is 1.06 bits per heavy atom. The topological polar surface area (TPSA) is 100 Å². The smallest absolute Gasteiger partial charge is 0.264 e. The van der Waals surface area contributed by atoms with E-state index in [-0.39, 0.29) is 48.8 Å². The molecule has 1 saturated heterocycles. The van der Waals surface area contributed by atoms with E-state index in [1.165, 1.54) is 27.4 Å². The monoisotopic (exact) mass is 499 g/mol. The summed E-state index contributed by atoms with van der Waals surface area (Å²) in [5, 5.41) is 3.15. The third-order valence-corrected chi connectivity index (χ3v) is 6.57. The van der Waals surface area contributed by atoms with E-state index in [9.17, 15) is 22.0 Å². The summed E-state index contributed by atoms with van der Waals surface area (Å²) < 4.78 is 71.5. The first-order valence-electron chi connectivity index (χ1n) is 10.4. The summed E-state index contributed by atoms with van der Waals surface area (Å²) in [7, 11) is 0.601. The molecule has 1 aliphatic rings. The summed E-state index contributed by atoms with van der Waals surface area (Å²) in [6.45, 7) is 0.0390.